The van der Waals surface area contributed by atoms with Crippen LogP contribution in [0.3, 0.4) is 0 Å². The highest BCUT2D eigenvalue weighted by molar-refractivity contribution is 6.31. The van der Waals surface area contributed by atoms with E-state index < -0.39 is 0 Å². The summed E-state index contributed by atoms with van der Waals surface area (Å²) in [7, 11) is 0. The molecule has 0 spiro atoms. The van der Waals surface area contributed by atoms with E-state index in [-0.39, 0.29) is 5.38 Å². The predicted molar refractivity (Wildman–Crippen MR) is 61.8 cm³/mol. The first-order chi connectivity index (χ1) is 6.79. The largest absolute Gasteiger partial charge is 0.373 e. The van der Waals surface area contributed by atoms with Crippen LogP contribution in [0.15, 0.2) is 10.7 Å². The average Bonchev–Trinajstić information content (AvgIpc) is 2.19. The molecule has 3 heteroatoms. The fraction of sp³-hybridized carbons (Fsp3) is 0.818. The Labute approximate surface area is 96.1 Å². The van der Waals surface area contributed by atoms with Gasteiger partial charge in [0.05, 0.1) is 5.38 Å². The molecule has 1 nitrogen and oxygen atoms in total. The molecular weight excluding hydrogens is 217 g/mol. The Kier molecular flexibility index (Phi) is 3.62. The van der Waals surface area contributed by atoms with Crippen molar-refractivity contribution in [2.75, 3.05) is 13.1 Å². The van der Waals surface area contributed by atoms with Gasteiger partial charge in [0, 0.05) is 23.8 Å². The van der Waals surface area contributed by atoms with Gasteiger partial charge in [-0.2, -0.15) is 0 Å². The third-order valence-corrected chi connectivity index (χ3v) is 3.93. The zero-order valence-electron chi connectivity index (χ0n) is 8.44. The number of hydrogen-bond acceptors (Lipinski definition) is 1. The second-order valence-corrected chi connectivity index (χ2v) is 5.18. The Bertz CT molecular complexity index is 231. The number of nitrogens with zero attached hydrogens (tertiary/aromatic N) is 1. The summed E-state index contributed by atoms with van der Waals surface area (Å²) in [5.74, 6) is 0. The van der Waals surface area contributed by atoms with Gasteiger partial charge in [-0.1, -0.05) is 11.6 Å². The van der Waals surface area contributed by atoms with Crippen molar-refractivity contribution in [2.45, 2.75) is 43.9 Å². The lowest BCUT2D eigenvalue weighted by molar-refractivity contribution is 0.270. The van der Waals surface area contributed by atoms with Crippen molar-refractivity contribution >= 4 is 23.2 Å². The first kappa shape index (κ1) is 10.6. The SMILES string of the molecule is ClC1=C(N2CCCCC2)C(Cl)CCC1. The van der Waals surface area contributed by atoms with E-state index in [0.29, 0.717) is 0 Å². The smallest absolute Gasteiger partial charge is 0.0745 e. The molecule has 0 N–H and O–H groups in total. The Morgan fingerprint density at radius 2 is 1.79 bits per heavy atom. The van der Waals surface area contributed by atoms with Crippen molar-refractivity contribution in [1.29, 1.82) is 0 Å². The number of likely N-dealkylation sites (tertiary alicyclic amines) is 1. The lowest BCUT2D eigenvalue weighted by Gasteiger charge is -2.36. The molecule has 2 rings (SSSR count). The summed E-state index contributed by atoms with van der Waals surface area (Å²) in [6.45, 7) is 2.30. The fourth-order valence-corrected chi connectivity index (χ4v) is 3.24. The Hall–Kier alpha value is 0.120. The molecule has 1 heterocycles. The summed E-state index contributed by atoms with van der Waals surface area (Å²) < 4.78 is 0. The zero-order valence-corrected chi connectivity index (χ0v) is 9.95. The average molecular weight is 234 g/mol. The van der Waals surface area contributed by atoms with Gasteiger partial charge < -0.3 is 4.90 Å². The molecule has 1 unspecified atom stereocenters. The molecule has 1 aliphatic carbocycles. The molecule has 0 aromatic heterocycles. The normalized spacial score (nSPS) is 29.6. The van der Waals surface area contributed by atoms with Crippen LogP contribution < -0.4 is 0 Å². The van der Waals surface area contributed by atoms with Gasteiger partial charge in [-0.25, -0.2) is 0 Å². The molecule has 0 amide bonds. The molecule has 0 aromatic rings. The fourth-order valence-electron chi connectivity index (χ4n) is 2.38. The second-order valence-electron chi connectivity index (χ2n) is 4.20. The highest BCUT2D eigenvalue weighted by Gasteiger charge is 2.25. The van der Waals surface area contributed by atoms with E-state index in [1.165, 1.54) is 25.0 Å². The molecule has 0 aromatic carbocycles. The molecule has 1 aliphatic heterocycles. The van der Waals surface area contributed by atoms with E-state index in [1.54, 1.807) is 0 Å². The highest BCUT2D eigenvalue weighted by atomic mass is 35.5. The molecule has 1 atom stereocenters. The number of piperidine rings is 1. The minimum Gasteiger partial charge on any atom is -0.373 e. The van der Waals surface area contributed by atoms with E-state index in [1.807, 2.05) is 0 Å². The summed E-state index contributed by atoms with van der Waals surface area (Å²) in [6, 6.07) is 0. The van der Waals surface area contributed by atoms with Crippen LogP contribution >= 0.6 is 23.2 Å². The molecule has 0 radical (unpaired) electrons. The van der Waals surface area contributed by atoms with E-state index in [2.05, 4.69) is 4.90 Å². The summed E-state index contributed by atoms with van der Waals surface area (Å²) in [5, 5.41) is 1.17. The van der Waals surface area contributed by atoms with E-state index in [0.717, 1.165) is 37.4 Å². The van der Waals surface area contributed by atoms with Gasteiger partial charge >= 0.3 is 0 Å². The van der Waals surface area contributed by atoms with Crippen LogP contribution in [0.25, 0.3) is 0 Å². The predicted octanol–water partition coefficient (Wildman–Crippen LogP) is 3.71. The van der Waals surface area contributed by atoms with Crippen LogP contribution in [0.4, 0.5) is 0 Å². The molecule has 80 valence electrons. The Morgan fingerprint density at radius 1 is 1.07 bits per heavy atom. The molecule has 1 saturated heterocycles. The maximum Gasteiger partial charge on any atom is 0.0745 e. The third kappa shape index (κ3) is 2.20. The van der Waals surface area contributed by atoms with Crippen LogP contribution in [0.5, 0.6) is 0 Å². The van der Waals surface area contributed by atoms with Gasteiger partial charge in [0.25, 0.3) is 0 Å². The standard InChI is InChI=1S/C11H17Cl2N/c12-9-5-4-6-10(13)11(9)14-7-2-1-3-8-14/h9H,1-8H2. The minimum absolute atomic E-state index is 0.161. The zero-order chi connectivity index (χ0) is 9.97. The lowest BCUT2D eigenvalue weighted by atomic mass is 10.0. The van der Waals surface area contributed by atoms with Crippen LogP contribution in [0.2, 0.25) is 0 Å². The molecule has 1 fully saturated rings. The molecule has 0 bridgehead atoms. The monoisotopic (exact) mass is 233 g/mol. The molecule has 2 aliphatic rings. The summed E-state index contributed by atoms with van der Waals surface area (Å²) >= 11 is 12.6. The number of rotatable bonds is 1. The van der Waals surface area contributed by atoms with Crippen LogP contribution in [0, 0.1) is 0 Å². The molecule has 0 saturated carbocycles. The van der Waals surface area contributed by atoms with Crippen LogP contribution in [0.1, 0.15) is 38.5 Å². The summed E-state index contributed by atoms with van der Waals surface area (Å²) in [6.07, 6.45) is 7.19. The van der Waals surface area contributed by atoms with E-state index >= 15 is 0 Å². The van der Waals surface area contributed by atoms with Gasteiger partial charge in [-0.15, -0.1) is 11.6 Å². The van der Waals surface area contributed by atoms with Crippen molar-refractivity contribution in [3.63, 3.8) is 0 Å². The topological polar surface area (TPSA) is 3.24 Å². The summed E-state index contributed by atoms with van der Waals surface area (Å²) in [4.78, 5) is 2.41. The Morgan fingerprint density at radius 3 is 2.43 bits per heavy atom. The molecule has 14 heavy (non-hydrogen) atoms. The summed E-state index contributed by atoms with van der Waals surface area (Å²) in [5.41, 5.74) is 1.24. The Balaban J connectivity index is 2.12. The first-order valence-electron chi connectivity index (χ1n) is 5.56. The van der Waals surface area contributed by atoms with Crippen LogP contribution in [-0.2, 0) is 0 Å². The van der Waals surface area contributed by atoms with Crippen molar-refractivity contribution in [3.05, 3.63) is 10.7 Å². The van der Waals surface area contributed by atoms with E-state index in [4.69, 9.17) is 23.2 Å². The van der Waals surface area contributed by atoms with Crippen LogP contribution in [-0.4, -0.2) is 23.4 Å². The lowest BCUT2D eigenvalue weighted by Crippen LogP contribution is -2.34. The van der Waals surface area contributed by atoms with Gasteiger partial charge in [-0.3, -0.25) is 0 Å². The van der Waals surface area contributed by atoms with Crippen molar-refractivity contribution in [3.8, 4) is 0 Å². The maximum atomic E-state index is 6.33. The van der Waals surface area contributed by atoms with Crippen molar-refractivity contribution in [1.82, 2.24) is 4.90 Å². The first-order valence-corrected chi connectivity index (χ1v) is 6.38. The van der Waals surface area contributed by atoms with Gasteiger partial charge in [0.1, 0.15) is 0 Å². The quantitative estimate of drug-likeness (QED) is 0.625. The van der Waals surface area contributed by atoms with E-state index in [9.17, 15) is 0 Å². The van der Waals surface area contributed by atoms with Gasteiger partial charge in [-0.05, 0) is 38.5 Å². The number of hydrogen-bond donors (Lipinski definition) is 0. The second kappa shape index (κ2) is 4.76. The van der Waals surface area contributed by atoms with Crippen molar-refractivity contribution in [2.24, 2.45) is 0 Å². The third-order valence-electron chi connectivity index (χ3n) is 3.13. The number of alkyl halides is 1. The van der Waals surface area contributed by atoms with Gasteiger partial charge in [0.2, 0.25) is 0 Å². The number of halogens is 2. The number of allylic oxidation sites excluding steroid dienone is 2. The molecular formula is C11H17Cl2N. The van der Waals surface area contributed by atoms with Crippen molar-refractivity contribution < 1.29 is 0 Å². The maximum absolute atomic E-state index is 6.33. The highest BCUT2D eigenvalue weighted by Crippen LogP contribution is 2.34. The minimum atomic E-state index is 0.161. The van der Waals surface area contributed by atoms with Gasteiger partial charge in [0.15, 0.2) is 0 Å².